The van der Waals surface area contributed by atoms with Gasteiger partial charge in [0.15, 0.2) is 17.5 Å². The molecule has 0 unspecified atom stereocenters. The van der Waals surface area contributed by atoms with Crippen LogP contribution < -0.4 is 20.1 Å². The molecule has 2 heterocycles. The highest BCUT2D eigenvalue weighted by atomic mass is 127. The van der Waals surface area contributed by atoms with E-state index < -0.39 is 0 Å². The molecule has 2 N–H and O–H groups in total. The number of nitrogens with one attached hydrogen (secondary N) is 2. The fourth-order valence-corrected chi connectivity index (χ4v) is 3.27. The predicted molar refractivity (Wildman–Crippen MR) is 116 cm³/mol. The fourth-order valence-electron chi connectivity index (χ4n) is 2.36. The van der Waals surface area contributed by atoms with Crippen LogP contribution in [0.1, 0.15) is 37.0 Å². The normalized spacial score (nSPS) is 13.3. The fraction of sp³-hybridized carbons (Fsp3) is 0.444. The first-order chi connectivity index (χ1) is 12.0. The molecule has 6 nitrogen and oxygen atoms in total. The smallest absolute Gasteiger partial charge is 0.231 e. The Hall–Kier alpha value is -1.55. The number of hydrogen-bond donors (Lipinski definition) is 2. The number of rotatable bonds is 4. The van der Waals surface area contributed by atoms with E-state index >= 15 is 0 Å². The Kier molecular flexibility index (Phi) is 7.10. The second-order valence-electron chi connectivity index (χ2n) is 6.86. The molecular formula is C18H25IN4O2S. The second kappa shape index (κ2) is 8.90. The lowest BCUT2D eigenvalue weighted by atomic mass is 9.98. The molecular weight excluding hydrogens is 463 g/mol. The molecule has 1 aromatic carbocycles. The largest absolute Gasteiger partial charge is 0.454 e. The number of fused-ring (bicyclic) bond motifs is 1. The highest BCUT2D eigenvalue weighted by molar-refractivity contribution is 14.0. The molecule has 0 fully saturated rings. The quantitative estimate of drug-likeness (QED) is 0.391. The highest BCUT2D eigenvalue weighted by Gasteiger charge is 2.18. The lowest BCUT2D eigenvalue weighted by Crippen LogP contribution is -2.36. The van der Waals surface area contributed by atoms with Crippen molar-refractivity contribution >= 4 is 41.3 Å². The Labute approximate surface area is 175 Å². The summed E-state index contributed by atoms with van der Waals surface area (Å²) in [7, 11) is 1.76. The van der Waals surface area contributed by atoms with E-state index in [0.717, 1.165) is 33.7 Å². The van der Waals surface area contributed by atoms with Crippen LogP contribution in [0, 0.1) is 0 Å². The molecule has 1 aromatic heterocycles. The van der Waals surface area contributed by atoms with Gasteiger partial charge in [-0.1, -0.05) is 26.8 Å². The SMILES string of the molecule is CN=C(NCc1ccc2c(c1)OCO2)NCc1csc(C(C)(C)C)n1.I. The first-order valence-electron chi connectivity index (χ1n) is 8.23. The van der Waals surface area contributed by atoms with E-state index in [1.54, 1.807) is 18.4 Å². The summed E-state index contributed by atoms with van der Waals surface area (Å²) in [6, 6.07) is 5.93. The van der Waals surface area contributed by atoms with Gasteiger partial charge in [-0.2, -0.15) is 0 Å². The summed E-state index contributed by atoms with van der Waals surface area (Å²) in [5.74, 6) is 2.33. The minimum Gasteiger partial charge on any atom is -0.454 e. The Morgan fingerprint density at radius 1 is 1.19 bits per heavy atom. The van der Waals surface area contributed by atoms with Gasteiger partial charge in [0.1, 0.15) is 0 Å². The van der Waals surface area contributed by atoms with Gasteiger partial charge in [0, 0.05) is 24.4 Å². The number of thiazole rings is 1. The van der Waals surface area contributed by atoms with E-state index in [2.05, 4.69) is 46.8 Å². The molecule has 8 heteroatoms. The molecule has 142 valence electrons. The average molecular weight is 488 g/mol. The van der Waals surface area contributed by atoms with Crippen LogP contribution in [-0.4, -0.2) is 24.8 Å². The standard InChI is InChI=1S/C18H24N4O2S.HI/c1-18(2,3)16-22-13(10-25-16)9-21-17(19-4)20-8-12-5-6-14-15(7-12)24-11-23-14;/h5-7,10H,8-9,11H2,1-4H3,(H2,19,20,21);1H. The van der Waals surface area contributed by atoms with Crippen LogP contribution in [0.4, 0.5) is 0 Å². The molecule has 0 radical (unpaired) electrons. The van der Waals surface area contributed by atoms with Crippen LogP contribution in [0.5, 0.6) is 11.5 Å². The van der Waals surface area contributed by atoms with Gasteiger partial charge in [0.2, 0.25) is 6.79 Å². The number of nitrogens with zero attached hydrogens (tertiary/aromatic N) is 2. The minimum atomic E-state index is 0. The summed E-state index contributed by atoms with van der Waals surface area (Å²) in [5.41, 5.74) is 2.22. The average Bonchev–Trinajstić information content (AvgIpc) is 3.23. The lowest BCUT2D eigenvalue weighted by molar-refractivity contribution is 0.174. The summed E-state index contributed by atoms with van der Waals surface area (Å²) in [5, 5.41) is 9.84. The van der Waals surface area contributed by atoms with E-state index in [4.69, 9.17) is 9.47 Å². The zero-order chi connectivity index (χ0) is 17.9. The van der Waals surface area contributed by atoms with Crippen LogP contribution in [0.15, 0.2) is 28.6 Å². The minimum absolute atomic E-state index is 0. The molecule has 3 rings (SSSR count). The third-order valence-corrected chi connectivity index (χ3v) is 5.07. The van der Waals surface area contributed by atoms with Crippen molar-refractivity contribution in [3.63, 3.8) is 0 Å². The van der Waals surface area contributed by atoms with Crippen molar-refractivity contribution in [3.05, 3.63) is 39.8 Å². The van der Waals surface area contributed by atoms with E-state index in [-0.39, 0.29) is 29.4 Å². The molecule has 26 heavy (non-hydrogen) atoms. The van der Waals surface area contributed by atoms with Gasteiger partial charge in [-0.15, -0.1) is 35.3 Å². The third kappa shape index (κ3) is 5.23. The van der Waals surface area contributed by atoms with Gasteiger partial charge in [0.25, 0.3) is 0 Å². The first kappa shape index (κ1) is 20.8. The van der Waals surface area contributed by atoms with Gasteiger partial charge >= 0.3 is 0 Å². The summed E-state index contributed by atoms with van der Waals surface area (Å²) in [6.45, 7) is 8.12. The van der Waals surface area contributed by atoms with Gasteiger partial charge in [-0.05, 0) is 17.7 Å². The van der Waals surface area contributed by atoms with Gasteiger partial charge in [0.05, 0.1) is 17.2 Å². The number of hydrogen-bond acceptors (Lipinski definition) is 5. The van der Waals surface area contributed by atoms with Crippen molar-refractivity contribution in [2.75, 3.05) is 13.8 Å². The number of aromatic nitrogens is 1. The Morgan fingerprint density at radius 3 is 2.62 bits per heavy atom. The summed E-state index contributed by atoms with van der Waals surface area (Å²) < 4.78 is 10.7. The summed E-state index contributed by atoms with van der Waals surface area (Å²) in [6.07, 6.45) is 0. The molecule has 0 aliphatic carbocycles. The third-order valence-electron chi connectivity index (χ3n) is 3.75. The maximum atomic E-state index is 5.40. The lowest BCUT2D eigenvalue weighted by Gasteiger charge is -2.14. The maximum absolute atomic E-state index is 5.40. The molecule has 1 aliphatic rings. The van der Waals surface area contributed by atoms with Crippen molar-refractivity contribution in [2.45, 2.75) is 39.3 Å². The predicted octanol–water partition coefficient (Wildman–Crippen LogP) is 3.65. The first-order valence-corrected chi connectivity index (χ1v) is 9.11. The van der Waals surface area contributed by atoms with Crippen LogP contribution in [0.25, 0.3) is 0 Å². The van der Waals surface area contributed by atoms with Crippen LogP contribution in [0.3, 0.4) is 0 Å². The van der Waals surface area contributed by atoms with Gasteiger partial charge in [-0.3, -0.25) is 4.99 Å². The second-order valence-corrected chi connectivity index (χ2v) is 7.72. The number of ether oxygens (including phenoxy) is 2. The topological polar surface area (TPSA) is 67.8 Å². The zero-order valence-corrected chi connectivity index (χ0v) is 18.6. The van der Waals surface area contributed by atoms with Crippen LogP contribution in [-0.2, 0) is 18.5 Å². The van der Waals surface area contributed by atoms with Gasteiger partial charge in [-0.25, -0.2) is 4.98 Å². The van der Waals surface area contributed by atoms with Crippen LogP contribution >= 0.6 is 35.3 Å². The zero-order valence-electron chi connectivity index (χ0n) is 15.5. The van der Waals surface area contributed by atoms with E-state index in [1.807, 2.05) is 18.2 Å². The Morgan fingerprint density at radius 2 is 1.92 bits per heavy atom. The number of guanidine groups is 1. The highest BCUT2D eigenvalue weighted by Crippen LogP contribution is 2.32. The van der Waals surface area contributed by atoms with E-state index in [9.17, 15) is 0 Å². The van der Waals surface area contributed by atoms with Crippen molar-refractivity contribution in [3.8, 4) is 11.5 Å². The van der Waals surface area contributed by atoms with Crippen molar-refractivity contribution < 1.29 is 9.47 Å². The number of aliphatic imine (C=N–C) groups is 1. The van der Waals surface area contributed by atoms with Crippen LogP contribution in [0.2, 0.25) is 0 Å². The molecule has 1 aliphatic heterocycles. The van der Waals surface area contributed by atoms with Crippen molar-refractivity contribution in [1.29, 1.82) is 0 Å². The monoisotopic (exact) mass is 488 g/mol. The molecule has 0 bridgehead atoms. The molecule has 2 aromatic rings. The molecule has 0 spiro atoms. The van der Waals surface area contributed by atoms with Crippen molar-refractivity contribution in [2.24, 2.45) is 4.99 Å². The van der Waals surface area contributed by atoms with Crippen molar-refractivity contribution in [1.82, 2.24) is 15.6 Å². The molecule has 0 saturated heterocycles. The Bertz CT molecular complexity index is 771. The van der Waals surface area contributed by atoms with E-state index in [0.29, 0.717) is 19.9 Å². The molecule has 0 amide bonds. The summed E-state index contributed by atoms with van der Waals surface area (Å²) in [4.78, 5) is 8.95. The Balaban J connectivity index is 0.00000243. The summed E-state index contributed by atoms with van der Waals surface area (Å²) >= 11 is 1.70. The number of benzene rings is 1. The molecule has 0 saturated carbocycles. The van der Waals surface area contributed by atoms with Gasteiger partial charge < -0.3 is 20.1 Å². The maximum Gasteiger partial charge on any atom is 0.231 e. The molecule has 0 atom stereocenters. The van der Waals surface area contributed by atoms with E-state index in [1.165, 1.54) is 0 Å². The number of halogens is 1.